The lowest BCUT2D eigenvalue weighted by Crippen LogP contribution is -2.59. The number of halogens is 3. The smallest absolute Gasteiger partial charge is 0.284 e. The maximum atomic E-state index is 12.7. The van der Waals surface area contributed by atoms with Crippen molar-refractivity contribution in [2.45, 2.75) is 31.4 Å². The van der Waals surface area contributed by atoms with Gasteiger partial charge in [0.1, 0.15) is 6.29 Å². The van der Waals surface area contributed by atoms with Crippen LogP contribution in [0.25, 0.3) is 0 Å². The van der Waals surface area contributed by atoms with Crippen LogP contribution in [0.4, 0.5) is 13.2 Å². The van der Waals surface area contributed by atoms with Gasteiger partial charge in [0.2, 0.25) is 0 Å². The highest BCUT2D eigenvalue weighted by atomic mass is 19.3. The SMILES string of the molecule is CC1(F)CC(CC=O)C1(F)F. The number of rotatable bonds is 2. The van der Waals surface area contributed by atoms with Gasteiger partial charge in [-0.1, -0.05) is 0 Å². The highest BCUT2D eigenvalue weighted by Crippen LogP contribution is 2.54. The minimum absolute atomic E-state index is 0.210. The number of carbonyl (C=O) groups is 1. The van der Waals surface area contributed by atoms with E-state index in [1.54, 1.807) is 0 Å². The van der Waals surface area contributed by atoms with Gasteiger partial charge in [-0.05, 0) is 13.3 Å². The Bertz CT molecular complexity index is 177. The number of hydrogen-bond acceptors (Lipinski definition) is 1. The second-order valence-corrected chi connectivity index (χ2v) is 3.12. The largest absolute Gasteiger partial charge is 0.303 e. The standard InChI is InChI=1S/C7H9F3O/c1-6(8)4-5(2-3-11)7(6,9)10/h3,5H,2,4H2,1H3. The lowest BCUT2D eigenvalue weighted by molar-refractivity contribution is -0.247. The molecule has 0 heterocycles. The van der Waals surface area contributed by atoms with Crippen molar-refractivity contribution in [1.82, 2.24) is 0 Å². The van der Waals surface area contributed by atoms with E-state index in [4.69, 9.17) is 0 Å². The van der Waals surface area contributed by atoms with Crippen molar-refractivity contribution < 1.29 is 18.0 Å². The Kier molecular flexibility index (Phi) is 1.73. The highest BCUT2D eigenvalue weighted by molar-refractivity contribution is 5.50. The summed E-state index contributed by atoms with van der Waals surface area (Å²) in [5.41, 5.74) is -2.40. The van der Waals surface area contributed by atoms with Gasteiger partial charge in [-0.15, -0.1) is 0 Å². The van der Waals surface area contributed by atoms with E-state index in [-0.39, 0.29) is 12.8 Å². The third-order valence-electron chi connectivity index (χ3n) is 2.22. The van der Waals surface area contributed by atoms with Gasteiger partial charge in [0.05, 0.1) is 0 Å². The molecule has 0 aromatic rings. The van der Waals surface area contributed by atoms with E-state index in [1.807, 2.05) is 0 Å². The van der Waals surface area contributed by atoms with Crippen molar-refractivity contribution >= 4 is 6.29 Å². The molecule has 0 radical (unpaired) electrons. The summed E-state index contributed by atoms with van der Waals surface area (Å²) in [6, 6.07) is 0. The van der Waals surface area contributed by atoms with Crippen LogP contribution < -0.4 is 0 Å². The Morgan fingerprint density at radius 1 is 1.55 bits per heavy atom. The number of carbonyl (C=O) groups excluding carboxylic acids is 1. The predicted octanol–water partition coefficient (Wildman–Crippen LogP) is 1.96. The first-order valence-electron chi connectivity index (χ1n) is 3.42. The molecule has 0 amide bonds. The van der Waals surface area contributed by atoms with E-state index in [0.717, 1.165) is 6.92 Å². The van der Waals surface area contributed by atoms with E-state index >= 15 is 0 Å². The van der Waals surface area contributed by atoms with Crippen LogP contribution in [0.3, 0.4) is 0 Å². The maximum Gasteiger partial charge on any atom is 0.284 e. The topological polar surface area (TPSA) is 17.1 Å². The summed E-state index contributed by atoms with van der Waals surface area (Å²) >= 11 is 0. The van der Waals surface area contributed by atoms with Crippen LogP contribution in [0.1, 0.15) is 19.8 Å². The first-order valence-corrected chi connectivity index (χ1v) is 3.42. The molecule has 0 N–H and O–H groups in total. The molecule has 0 spiro atoms. The van der Waals surface area contributed by atoms with Gasteiger partial charge in [-0.2, -0.15) is 0 Å². The van der Waals surface area contributed by atoms with Crippen molar-refractivity contribution in [3.05, 3.63) is 0 Å². The van der Waals surface area contributed by atoms with Gasteiger partial charge in [-0.25, -0.2) is 13.2 Å². The van der Waals surface area contributed by atoms with E-state index in [2.05, 4.69) is 0 Å². The van der Waals surface area contributed by atoms with Crippen molar-refractivity contribution in [1.29, 1.82) is 0 Å². The lowest BCUT2D eigenvalue weighted by Gasteiger charge is -2.46. The monoisotopic (exact) mass is 166 g/mol. The molecule has 1 aliphatic carbocycles. The Balaban J connectivity index is 2.61. The molecular weight excluding hydrogens is 157 g/mol. The average molecular weight is 166 g/mol. The van der Waals surface area contributed by atoms with Gasteiger partial charge < -0.3 is 4.79 Å². The molecule has 2 unspecified atom stereocenters. The third-order valence-corrected chi connectivity index (χ3v) is 2.22. The Labute approximate surface area is 62.6 Å². The highest BCUT2D eigenvalue weighted by Gasteiger charge is 2.66. The lowest BCUT2D eigenvalue weighted by atomic mass is 9.68. The average Bonchev–Trinajstić information content (AvgIpc) is 1.87. The normalized spacial score (nSPS) is 41.3. The number of hydrogen-bond donors (Lipinski definition) is 0. The summed E-state index contributed by atoms with van der Waals surface area (Å²) in [5, 5.41) is 0. The van der Waals surface area contributed by atoms with Crippen LogP contribution in [-0.4, -0.2) is 17.9 Å². The Morgan fingerprint density at radius 3 is 2.36 bits per heavy atom. The summed E-state index contributed by atoms with van der Waals surface area (Å²) in [6.07, 6.45) is -0.0426. The molecule has 0 bridgehead atoms. The van der Waals surface area contributed by atoms with Crippen molar-refractivity contribution in [2.75, 3.05) is 0 Å². The van der Waals surface area contributed by atoms with Gasteiger partial charge in [0.25, 0.3) is 5.92 Å². The van der Waals surface area contributed by atoms with E-state index in [0.29, 0.717) is 6.29 Å². The summed E-state index contributed by atoms with van der Waals surface area (Å²) in [6.45, 7) is 0.869. The fourth-order valence-corrected chi connectivity index (χ4v) is 1.37. The summed E-state index contributed by atoms with van der Waals surface area (Å²) in [7, 11) is 0. The molecule has 0 saturated heterocycles. The molecule has 0 aliphatic heterocycles. The van der Waals surface area contributed by atoms with Crippen LogP contribution in [0.15, 0.2) is 0 Å². The van der Waals surface area contributed by atoms with Crippen LogP contribution in [0, 0.1) is 5.92 Å². The number of alkyl halides is 3. The molecule has 1 fully saturated rings. The first-order chi connectivity index (χ1) is 4.92. The molecule has 64 valence electrons. The Morgan fingerprint density at radius 2 is 2.09 bits per heavy atom. The van der Waals surface area contributed by atoms with Crippen molar-refractivity contribution in [3.63, 3.8) is 0 Å². The first kappa shape index (κ1) is 8.56. The zero-order valence-corrected chi connectivity index (χ0v) is 6.11. The molecule has 0 aromatic heterocycles. The van der Waals surface area contributed by atoms with Crippen LogP contribution in [0.5, 0.6) is 0 Å². The molecule has 1 rings (SSSR count). The second-order valence-electron chi connectivity index (χ2n) is 3.12. The quantitative estimate of drug-likeness (QED) is 0.573. The van der Waals surface area contributed by atoms with Gasteiger partial charge in [0, 0.05) is 12.3 Å². The molecule has 4 heteroatoms. The van der Waals surface area contributed by atoms with Gasteiger partial charge in [0.15, 0.2) is 5.67 Å². The maximum absolute atomic E-state index is 12.7. The summed E-state index contributed by atoms with van der Waals surface area (Å²) < 4.78 is 38.0. The van der Waals surface area contributed by atoms with Crippen LogP contribution >= 0.6 is 0 Å². The molecular formula is C7H9F3O. The van der Waals surface area contributed by atoms with Crippen LogP contribution in [-0.2, 0) is 4.79 Å². The zero-order valence-electron chi connectivity index (χ0n) is 6.11. The van der Waals surface area contributed by atoms with Crippen molar-refractivity contribution in [3.8, 4) is 0 Å². The molecule has 11 heavy (non-hydrogen) atoms. The van der Waals surface area contributed by atoms with Crippen LogP contribution in [0.2, 0.25) is 0 Å². The van der Waals surface area contributed by atoms with Crippen molar-refractivity contribution in [2.24, 2.45) is 5.92 Å². The minimum Gasteiger partial charge on any atom is -0.303 e. The van der Waals surface area contributed by atoms with E-state index in [9.17, 15) is 18.0 Å². The zero-order chi connectivity index (χ0) is 8.70. The van der Waals surface area contributed by atoms with Gasteiger partial charge in [-0.3, -0.25) is 0 Å². The van der Waals surface area contributed by atoms with E-state index in [1.165, 1.54) is 0 Å². The minimum atomic E-state index is -3.31. The third kappa shape index (κ3) is 1.04. The fourth-order valence-electron chi connectivity index (χ4n) is 1.37. The Hall–Kier alpha value is -0.540. The molecule has 2 atom stereocenters. The summed E-state index contributed by atoms with van der Waals surface area (Å²) in [5.74, 6) is -4.40. The molecule has 0 aromatic carbocycles. The predicted molar refractivity (Wildman–Crippen MR) is 33.2 cm³/mol. The second kappa shape index (κ2) is 2.22. The summed E-state index contributed by atoms with van der Waals surface area (Å²) in [4.78, 5) is 9.85. The molecule has 1 saturated carbocycles. The molecule has 1 aliphatic rings. The van der Waals surface area contributed by atoms with Gasteiger partial charge >= 0.3 is 0 Å². The number of aldehydes is 1. The molecule has 1 nitrogen and oxygen atoms in total. The van der Waals surface area contributed by atoms with E-state index < -0.39 is 17.5 Å². The fraction of sp³-hybridized carbons (Fsp3) is 0.857.